The number of anilines is 6. The van der Waals surface area contributed by atoms with E-state index >= 15 is 0 Å². The summed E-state index contributed by atoms with van der Waals surface area (Å²) in [6.45, 7) is 16.4. The summed E-state index contributed by atoms with van der Waals surface area (Å²) in [5.41, 5.74) is 5.85. The Kier molecular flexibility index (Phi) is 10.7. The first-order valence-corrected chi connectivity index (χ1v) is 20.1. The second kappa shape index (κ2) is 16.1. The molecule has 2 aromatic heterocycles. The molecule has 6 aromatic carbocycles. The van der Waals surface area contributed by atoms with Crippen molar-refractivity contribution < 1.29 is 18.9 Å². The lowest BCUT2D eigenvalue weighted by Crippen LogP contribution is -2.14. The van der Waals surface area contributed by atoms with Crippen LogP contribution in [0.1, 0.15) is 55.4 Å². The summed E-state index contributed by atoms with van der Waals surface area (Å²) >= 11 is 0. The highest BCUT2D eigenvalue weighted by molar-refractivity contribution is 6.30. The van der Waals surface area contributed by atoms with Gasteiger partial charge in [-0.2, -0.15) is 0 Å². The molecule has 0 amide bonds. The lowest BCUT2D eigenvalue weighted by atomic mass is 9.90. The fraction of sp³-hybridized carbons (Fsp3) is 0.240. The summed E-state index contributed by atoms with van der Waals surface area (Å²) in [7, 11) is 0. The molecular formula is C50H50N4O4. The van der Waals surface area contributed by atoms with Crippen LogP contribution in [0, 0.1) is 0 Å². The standard InChI is InChI=1S/C50H50N4O4/c1-31(2)55-39-13-9-35(10-14-39)53(37-21-25-51-26-22-37)45-29-47(57-33(5)6)43-20-18-42-46(30-48(58-34(7)8)44-19-17-41(45)49(43)50(42)44)54(38-23-27-52-28-24-38)36-11-15-40(16-12-36)56-32(3)4/h9-34H,1-8H3. The van der Waals surface area contributed by atoms with Gasteiger partial charge in [-0.05, 0) is 140 Å². The lowest BCUT2D eigenvalue weighted by molar-refractivity contribution is 0.242. The second-order valence-corrected chi connectivity index (χ2v) is 15.6. The molecule has 8 nitrogen and oxygen atoms in total. The van der Waals surface area contributed by atoms with Gasteiger partial charge in [-0.25, -0.2) is 0 Å². The Labute approximate surface area is 340 Å². The van der Waals surface area contributed by atoms with E-state index in [2.05, 4.69) is 108 Å². The number of hydrogen-bond acceptors (Lipinski definition) is 8. The predicted molar refractivity (Wildman–Crippen MR) is 238 cm³/mol. The van der Waals surface area contributed by atoms with Crippen LogP contribution in [0.25, 0.3) is 32.3 Å². The summed E-state index contributed by atoms with van der Waals surface area (Å²) in [5.74, 6) is 3.24. The minimum atomic E-state index is -0.0617. The molecule has 0 saturated heterocycles. The van der Waals surface area contributed by atoms with Crippen LogP contribution in [0.4, 0.5) is 34.1 Å². The summed E-state index contributed by atoms with van der Waals surface area (Å²) in [5, 5.41) is 6.38. The molecule has 0 aliphatic rings. The largest absolute Gasteiger partial charge is 0.491 e. The number of pyridine rings is 2. The zero-order chi connectivity index (χ0) is 40.5. The van der Waals surface area contributed by atoms with E-state index in [9.17, 15) is 0 Å². The van der Waals surface area contributed by atoms with Crippen molar-refractivity contribution in [2.45, 2.75) is 79.8 Å². The Hall–Kier alpha value is -6.54. The van der Waals surface area contributed by atoms with Crippen molar-refractivity contribution in [3.8, 4) is 23.0 Å². The first-order chi connectivity index (χ1) is 28.0. The monoisotopic (exact) mass is 770 g/mol. The fourth-order valence-corrected chi connectivity index (χ4v) is 7.70. The van der Waals surface area contributed by atoms with Gasteiger partial charge in [-0.15, -0.1) is 0 Å². The molecule has 8 aromatic rings. The molecule has 8 rings (SSSR count). The molecule has 0 fully saturated rings. The third-order valence-electron chi connectivity index (χ3n) is 9.76. The van der Waals surface area contributed by atoms with Crippen molar-refractivity contribution in [3.05, 3.63) is 134 Å². The number of rotatable bonds is 14. The fourth-order valence-electron chi connectivity index (χ4n) is 7.70. The second-order valence-electron chi connectivity index (χ2n) is 15.6. The predicted octanol–water partition coefficient (Wildman–Crippen LogP) is 13.5. The molecule has 0 radical (unpaired) electrons. The van der Waals surface area contributed by atoms with Gasteiger partial charge in [-0.1, -0.05) is 12.1 Å². The van der Waals surface area contributed by atoms with Crippen molar-refractivity contribution in [3.63, 3.8) is 0 Å². The Morgan fingerprint density at radius 1 is 0.362 bits per heavy atom. The van der Waals surface area contributed by atoms with Crippen LogP contribution in [0.3, 0.4) is 0 Å². The van der Waals surface area contributed by atoms with Gasteiger partial charge in [0, 0.05) is 92.0 Å². The summed E-state index contributed by atoms with van der Waals surface area (Å²) in [4.78, 5) is 13.3. The van der Waals surface area contributed by atoms with Crippen LogP contribution in [-0.4, -0.2) is 34.4 Å². The van der Waals surface area contributed by atoms with E-state index in [-0.39, 0.29) is 24.4 Å². The molecule has 0 spiro atoms. The average Bonchev–Trinajstić information content (AvgIpc) is 3.20. The number of nitrogens with zero attached hydrogens (tertiary/aromatic N) is 4. The quantitative estimate of drug-likeness (QED) is 0.101. The van der Waals surface area contributed by atoms with Crippen molar-refractivity contribution in [1.82, 2.24) is 9.97 Å². The van der Waals surface area contributed by atoms with Crippen LogP contribution in [-0.2, 0) is 0 Å². The minimum absolute atomic E-state index is 0.0617. The SMILES string of the molecule is CC(C)Oc1ccc(N(c2ccncc2)c2cc(OC(C)C)c3ccc4c(N(c5ccncc5)c5ccc(OC(C)C)cc5)cc(OC(C)C)c5ccc2c3c54)cc1. The molecule has 58 heavy (non-hydrogen) atoms. The number of hydrogen-bond donors (Lipinski definition) is 0. The first kappa shape index (κ1) is 38.3. The van der Waals surface area contributed by atoms with Crippen LogP contribution < -0.4 is 28.7 Å². The Morgan fingerprint density at radius 2 is 0.672 bits per heavy atom. The van der Waals surface area contributed by atoms with Gasteiger partial charge in [0.05, 0.1) is 35.8 Å². The van der Waals surface area contributed by atoms with Crippen molar-refractivity contribution in [2.24, 2.45) is 0 Å². The van der Waals surface area contributed by atoms with Crippen LogP contribution in [0.2, 0.25) is 0 Å². The van der Waals surface area contributed by atoms with Crippen molar-refractivity contribution in [1.29, 1.82) is 0 Å². The van der Waals surface area contributed by atoms with E-state index < -0.39 is 0 Å². The number of ether oxygens (including phenoxy) is 4. The maximum Gasteiger partial charge on any atom is 0.129 e. The molecule has 0 N–H and O–H groups in total. The van der Waals surface area contributed by atoms with Gasteiger partial charge in [0.1, 0.15) is 23.0 Å². The Balaban J connectivity index is 1.45. The highest BCUT2D eigenvalue weighted by atomic mass is 16.5. The maximum absolute atomic E-state index is 6.73. The number of benzene rings is 6. The zero-order valence-electron chi connectivity index (χ0n) is 34.4. The molecule has 2 heterocycles. The molecule has 0 atom stereocenters. The molecule has 8 heteroatoms. The Bertz CT molecular complexity index is 2440. The van der Waals surface area contributed by atoms with E-state index in [0.717, 1.165) is 89.4 Å². The summed E-state index contributed by atoms with van der Waals surface area (Å²) in [6, 6.07) is 37.9. The normalized spacial score (nSPS) is 11.7. The summed E-state index contributed by atoms with van der Waals surface area (Å²) < 4.78 is 25.6. The van der Waals surface area contributed by atoms with E-state index in [1.54, 1.807) is 0 Å². The van der Waals surface area contributed by atoms with Crippen molar-refractivity contribution in [2.75, 3.05) is 9.80 Å². The Morgan fingerprint density at radius 3 is 1.00 bits per heavy atom. The van der Waals surface area contributed by atoms with Gasteiger partial charge in [-0.3, -0.25) is 9.97 Å². The van der Waals surface area contributed by atoms with Gasteiger partial charge in [0.25, 0.3) is 0 Å². The molecule has 0 unspecified atom stereocenters. The van der Waals surface area contributed by atoms with E-state index in [4.69, 9.17) is 18.9 Å². The topological polar surface area (TPSA) is 69.2 Å². The van der Waals surface area contributed by atoms with Gasteiger partial charge >= 0.3 is 0 Å². The molecule has 0 saturated carbocycles. The highest BCUT2D eigenvalue weighted by Gasteiger charge is 2.26. The smallest absolute Gasteiger partial charge is 0.129 e. The van der Waals surface area contributed by atoms with Gasteiger partial charge < -0.3 is 28.7 Å². The molecule has 0 aliphatic heterocycles. The molecule has 0 aliphatic carbocycles. The highest BCUT2D eigenvalue weighted by Crippen LogP contribution is 2.52. The zero-order valence-corrected chi connectivity index (χ0v) is 34.4. The van der Waals surface area contributed by atoms with E-state index in [0.29, 0.717) is 0 Å². The third kappa shape index (κ3) is 7.62. The average molecular weight is 771 g/mol. The maximum atomic E-state index is 6.73. The van der Waals surface area contributed by atoms with E-state index in [1.807, 2.05) is 101 Å². The lowest BCUT2D eigenvalue weighted by Gasteiger charge is -2.31. The molecule has 294 valence electrons. The molecule has 0 bridgehead atoms. The molecular weight excluding hydrogens is 721 g/mol. The minimum Gasteiger partial charge on any atom is -0.491 e. The van der Waals surface area contributed by atoms with Crippen LogP contribution in [0.15, 0.2) is 134 Å². The van der Waals surface area contributed by atoms with Crippen LogP contribution in [0.5, 0.6) is 23.0 Å². The van der Waals surface area contributed by atoms with Crippen LogP contribution >= 0.6 is 0 Å². The third-order valence-corrected chi connectivity index (χ3v) is 9.76. The van der Waals surface area contributed by atoms with E-state index in [1.165, 1.54) is 0 Å². The first-order valence-electron chi connectivity index (χ1n) is 20.1. The summed E-state index contributed by atoms with van der Waals surface area (Å²) in [6.07, 6.45) is 7.33. The number of aromatic nitrogens is 2. The van der Waals surface area contributed by atoms with Gasteiger partial charge in [0.2, 0.25) is 0 Å². The van der Waals surface area contributed by atoms with Crippen molar-refractivity contribution >= 4 is 66.4 Å². The van der Waals surface area contributed by atoms with Gasteiger partial charge in [0.15, 0.2) is 0 Å².